The molecule has 2 aromatic rings. The van der Waals surface area contributed by atoms with Crippen molar-refractivity contribution in [2.24, 2.45) is 0 Å². The lowest BCUT2D eigenvalue weighted by Crippen LogP contribution is -2.09. The molecule has 0 fully saturated rings. The quantitative estimate of drug-likeness (QED) is 0.828. The zero-order chi connectivity index (χ0) is 13.8. The van der Waals surface area contributed by atoms with Crippen molar-refractivity contribution in [2.75, 3.05) is 12.3 Å². The van der Waals surface area contributed by atoms with Gasteiger partial charge in [0.05, 0.1) is 0 Å². The van der Waals surface area contributed by atoms with Crippen molar-refractivity contribution in [2.45, 2.75) is 20.0 Å². The Hall–Kier alpha value is -2.00. The average Bonchev–Trinajstić information content (AvgIpc) is 2.36. The van der Waals surface area contributed by atoms with Crippen molar-refractivity contribution < 1.29 is 9.84 Å². The molecule has 0 aliphatic carbocycles. The molecule has 0 spiro atoms. The molecule has 0 radical (unpaired) electrons. The minimum atomic E-state index is -0.651. The summed E-state index contributed by atoms with van der Waals surface area (Å²) < 4.78 is 5.63. The standard InChI is InChI=1S/C16H19NO2/c1-11-7-12(2)9-15(8-11)19-10-16(18)13-3-5-14(17)6-4-13/h3-9,16,18H,10,17H2,1-2H3. The van der Waals surface area contributed by atoms with Crippen LogP contribution in [0.4, 0.5) is 5.69 Å². The third-order valence-corrected chi connectivity index (χ3v) is 2.92. The molecule has 0 aromatic heterocycles. The molecule has 0 heterocycles. The highest BCUT2D eigenvalue weighted by molar-refractivity contribution is 5.40. The van der Waals surface area contributed by atoms with E-state index in [1.54, 1.807) is 12.1 Å². The summed E-state index contributed by atoms with van der Waals surface area (Å²) in [7, 11) is 0. The van der Waals surface area contributed by atoms with E-state index in [0.717, 1.165) is 22.4 Å². The summed E-state index contributed by atoms with van der Waals surface area (Å²) in [6.45, 7) is 4.28. The van der Waals surface area contributed by atoms with Gasteiger partial charge in [-0.15, -0.1) is 0 Å². The molecule has 3 nitrogen and oxygen atoms in total. The fourth-order valence-electron chi connectivity index (χ4n) is 2.01. The van der Waals surface area contributed by atoms with Gasteiger partial charge in [0.15, 0.2) is 0 Å². The first kappa shape index (κ1) is 13.4. The first-order valence-corrected chi connectivity index (χ1v) is 6.29. The highest BCUT2D eigenvalue weighted by Crippen LogP contribution is 2.20. The number of nitrogens with two attached hydrogens (primary N) is 1. The number of nitrogen functional groups attached to an aromatic ring is 1. The van der Waals surface area contributed by atoms with Gasteiger partial charge in [-0.2, -0.15) is 0 Å². The maximum Gasteiger partial charge on any atom is 0.119 e. The molecule has 0 amide bonds. The Morgan fingerprint density at radius 1 is 1.05 bits per heavy atom. The van der Waals surface area contributed by atoms with E-state index in [9.17, 15) is 5.11 Å². The van der Waals surface area contributed by atoms with Gasteiger partial charge in [-0.1, -0.05) is 18.2 Å². The summed E-state index contributed by atoms with van der Waals surface area (Å²) in [5.74, 6) is 0.784. The number of aryl methyl sites for hydroxylation is 2. The van der Waals surface area contributed by atoms with Crippen LogP contribution in [-0.4, -0.2) is 11.7 Å². The van der Waals surface area contributed by atoms with Gasteiger partial charge in [0.25, 0.3) is 0 Å². The maximum atomic E-state index is 10.0. The van der Waals surface area contributed by atoms with Gasteiger partial charge in [-0.25, -0.2) is 0 Å². The lowest BCUT2D eigenvalue weighted by molar-refractivity contribution is 0.108. The number of benzene rings is 2. The number of aliphatic hydroxyl groups excluding tert-OH is 1. The Bertz CT molecular complexity index is 529. The summed E-state index contributed by atoms with van der Waals surface area (Å²) in [5.41, 5.74) is 9.40. The molecule has 0 aliphatic heterocycles. The minimum Gasteiger partial charge on any atom is -0.491 e. The third-order valence-electron chi connectivity index (χ3n) is 2.92. The van der Waals surface area contributed by atoms with E-state index in [1.807, 2.05) is 38.1 Å². The van der Waals surface area contributed by atoms with Crippen LogP contribution in [0.2, 0.25) is 0 Å². The molecular formula is C16H19NO2. The predicted molar refractivity (Wildman–Crippen MR) is 77.2 cm³/mol. The molecule has 0 aliphatic rings. The van der Waals surface area contributed by atoms with Crippen LogP contribution in [0.15, 0.2) is 42.5 Å². The third kappa shape index (κ3) is 3.73. The summed E-state index contributed by atoms with van der Waals surface area (Å²) >= 11 is 0. The van der Waals surface area contributed by atoms with Crippen LogP contribution in [-0.2, 0) is 0 Å². The van der Waals surface area contributed by atoms with Crippen molar-refractivity contribution in [3.8, 4) is 5.75 Å². The van der Waals surface area contributed by atoms with E-state index >= 15 is 0 Å². The van der Waals surface area contributed by atoms with Gasteiger partial charge in [-0.3, -0.25) is 0 Å². The second kappa shape index (κ2) is 5.76. The van der Waals surface area contributed by atoms with E-state index in [4.69, 9.17) is 10.5 Å². The van der Waals surface area contributed by atoms with Crippen LogP contribution in [0.1, 0.15) is 22.8 Å². The van der Waals surface area contributed by atoms with Crippen molar-refractivity contribution in [3.63, 3.8) is 0 Å². The summed E-state index contributed by atoms with van der Waals surface area (Å²) in [4.78, 5) is 0. The van der Waals surface area contributed by atoms with Gasteiger partial charge < -0.3 is 15.6 Å². The molecule has 0 saturated heterocycles. The molecule has 2 aromatic carbocycles. The van der Waals surface area contributed by atoms with Crippen molar-refractivity contribution in [3.05, 3.63) is 59.2 Å². The van der Waals surface area contributed by atoms with Gasteiger partial charge in [0.2, 0.25) is 0 Å². The Morgan fingerprint density at radius 3 is 2.21 bits per heavy atom. The smallest absolute Gasteiger partial charge is 0.119 e. The molecule has 1 unspecified atom stereocenters. The minimum absolute atomic E-state index is 0.229. The van der Waals surface area contributed by atoms with Crippen LogP contribution < -0.4 is 10.5 Å². The SMILES string of the molecule is Cc1cc(C)cc(OCC(O)c2ccc(N)cc2)c1. The summed E-state index contributed by atoms with van der Waals surface area (Å²) in [5, 5.41) is 10.0. The molecule has 0 saturated carbocycles. The normalized spacial score (nSPS) is 12.2. The van der Waals surface area contributed by atoms with Gasteiger partial charge in [0, 0.05) is 5.69 Å². The highest BCUT2D eigenvalue weighted by Gasteiger charge is 2.08. The average molecular weight is 257 g/mol. The predicted octanol–water partition coefficient (Wildman–Crippen LogP) is 3.00. The van der Waals surface area contributed by atoms with Crippen LogP contribution in [0.25, 0.3) is 0 Å². The van der Waals surface area contributed by atoms with Crippen LogP contribution >= 0.6 is 0 Å². The van der Waals surface area contributed by atoms with Crippen molar-refractivity contribution in [1.82, 2.24) is 0 Å². The van der Waals surface area contributed by atoms with E-state index in [0.29, 0.717) is 5.69 Å². The summed E-state index contributed by atoms with van der Waals surface area (Å²) in [6, 6.07) is 13.2. The molecule has 19 heavy (non-hydrogen) atoms. The molecule has 3 N–H and O–H groups in total. The van der Waals surface area contributed by atoms with Gasteiger partial charge >= 0.3 is 0 Å². The van der Waals surface area contributed by atoms with Crippen LogP contribution in [0.3, 0.4) is 0 Å². The van der Waals surface area contributed by atoms with E-state index in [2.05, 4.69) is 6.07 Å². The number of ether oxygens (including phenoxy) is 1. The first-order valence-electron chi connectivity index (χ1n) is 6.29. The van der Waals surface area contributed by atoms with E-state index in [1.165, 1.54) is 0 Å². The number of hydrogen-bond donors (Lipinski definition) is 2. The van der Waals surface area contributed by atoms with Crippen LogP contribution in [0, 0.1) is 13.8 Å². The fourth-order valence-corrected chi connectivity index (χ4v) is 2.01. The Kier molecular flexibility index (Phi) is 4.07. The zero-order valence-corrected chi connectivity index (χ0v) is 11.3. The van der Waals surface area contributed by atoms with Crippen LogP contribution in [0.5, 0.6) is 5.75 Å². The lowest BCUT2D eigenvalue weighted by atomic mass is 10.1. The van der Waals surface area contributed by atoms with Gasteiger partial charge in [-0.05, 0) is 54.8 Å². The largest absolute Gasteiger partial charge is 0.491 e. The van der Waals surface area contributed by atoms with Crippen molar-refractivity contribution >= 4 is 5.69 Å². The molecule has 3 heteroatoms. The van der Waals surface area contributed by atoms with E-state index in [-0.39, 0.29) is 6.61 Å². The second-order valence-electron chi connectivity index (χ2n) is 4.82. The Morgan fingerprint density at radius 2 is 1.63 bits per heavy atom. The first-order chi connectivity index (χ1) is 9.04. The lowest BCUT2D eigenvalue weighted by Gasteiger charge is -2.13. The molecule has 100 valence electrons. The van der Waals surface area contributed by atoms with Crippen molar-refractivity contribution in [1.29, 1.82) is 0 Å². The Balaban J connectivity index is 1.99. The number of aliphatic hydroxyl groups is 1. The zero-order valence-electron chi connectivity index (χ0n) is 11.3. The van der Waals surface area contributed by atoms with E-state index < -0.39 is 6.10 Å². The fraction of sp³-hybridized carbons (Fsp3) is 0.250. The molecule has 2 rings (SSSR count). The number of rotatable bonds is 4. The van der Waals surface area contributed by atoms with Gasteiger partial charge in [0.1, 0.15) is 18.5 Å². The molecule has 1 atom stereocenters. The Labute approximate surface area is 113 Å². The number of hydrogen-bond acceptors (Lipinski definition) is 3. The topological polar surface area (TPSA) is 55.5 Å². The monoisotopic (exact) mass is 257 g/mol. The highest BCUT2D eigenvalue weighted by atomic mass is 16.5. The maximum absolute atomic E-state index is 10.0. The molecule has 0 bridgehead atoms. The summed E-state index contributed by atoms with van der Waals surface area (Å²) in [6.07, 6.45) is -0.651. The molecular weight excluding hydrogens is 238 g/mol. The second-order valence-corrected chi connectivity index (χ2v) is 4.82. The number of anilines is 1.